The molecule has 11 heteroatoms. The monoisotopic (exact) mass is 534 g/mol. The second kappa shape index (κ2) is 10.7. The van der Waals surface area contributed by atoms with Crippen molar-refractivity contribution in [3.63, 3.8) is 0 Å². The molecule has 5 rings (SSSR count). The van der Waals surface area contributed by atoms with Gasteiger partial charge in [0.05, 0.1) is 46.6 Å². The molecular formula is C27H26N4O6S. The summed E-state index contributed by atoms with van der Waals surface area (Å²) in [6.45, 7) is 6.02. The zero-order valence-electron chi connectivity index (χ0n) is 21.0. The summed E-state index contributed by atoms with van der Waals surface area (Å²) in [5.74, 6) is -0.523. The van der Waals surface area contributed by atoms with E-state index in [0.29, 0.717) is 52.5 Å². The Morgan fingerprint density at radius 1 is 1.24 bits per heavy atom. The van der Waals surface area contributed by atoms with Crippen molar-refractivity contribution >= 4 is 34.8 Å². The molecule has 0 amide bonds. The van der Waals surface area contributed by atoms with Crippen molar-refractivity contribution < 1.29 is 19.2 Å². The predicted molar refractivity (Wildman–Crippen MR) is 143 cm³/mol. The molecule has 1 saturated heterocycles. The molecule has 3 heterocycles. The molecular weight excluding hydrogens is 508 g/mol. The van der Waals surface area contributed by atoms with E-state index >= 15 is 0 Å². The number of rotatable bonds is 6. The highest BCUT2D eigenvalue weighted by molar-refractivity contribution is 7.07. The van der Waals surface area contributed by atoms with Gasteiger partial charge >= 0.3 is 5.97 Å². The van der Waals surface area contributed by atoms with Gasteiger partial charge in [-0.05, 0) is 31.6 Å². The summed E-state index contributed by atoms with van der Waals surface area (Å²) in [6.07, 6.45) is 1.67. The Balaban J connectivity index is 1.71. The number of fused-ring (bicyclic) bond motifs is 1. The Morgan fingerprint density at radius 3 is 2.66 bits per heavy atom. The number of carbonyl (C=O) groups is 1. The SMILES string of the molecule is CCOC(=O)C1=C(C)N=c2s/c(=C\c3cc([N+](=O)[O-])ccc3N3CCOCC3)c(=O)n2C1c1ccccc1. The quantitative estimate of drug-likeness (QED) is 0.271. The Bertz CT molecular complexity index is 1600. The fraction of sp³-hybridized carbons (Fsp3) is 0.296. The van der Waals surface area contributed by atoms with Crippen molar-refractivity contribution in [1.29, 1.82) is 0 Å². The molecule has 10 nitrogen and oxygen atoms in total. The van der Waals surface area contributed by atoms with Gasteiger partial charge in [0.25, 0.3) is 11.2 Å². The Kier molecular flexibility index (Phi) is 7.21. The molecule has 0 N–H and O–H groups in total. The van der Waals surface area contributed by atoms with E-state index in [0.717, 1.165) is 11.3 Å². The third-order valence-electron chi connectivity index (χ3n) is 6.49. The van der Waals surface area contributed by atoms with Gasteiger partial charge in [0.2, 0.25) is 0 Å². The van der Waals surface area contributed by atoms with Crippen LogP contribution in [0.2, 0.25) is 0 Å². The smallest absolute Gasteiger partial charge is 0.338 e. The maximum Gasteiger partial charge on any atom is 0.338 e. The highest BCUT2D eigenvalue weighted by Crippen LogP contribution is 2.31. The average Bonchev–Trinajstić information content (AvgIpc) is 3.22. The first-order valence-corrected chi connectivity index (χ1v) is 13.1. The van der Waals surface area contributed by atoms with Crippen molar-refractivity contribution in [3.05, 3.63) is 101 Å². The first-order valence-electron chi connectivity index (χ1n) is 12.2. The number of morpholine rings is 1. The van der Waals surface area contributed by atoms with E-state index in [4.69, 9.17) is 9.47 Å². The lowest BCUT2D eigenvalue weighted by Crippen LogP contribution is -2.40. The number of non-ortho nitro benzene ring substituents is 1. The maximum atomic E-state index is 13.9. The molecule has 0 saturated carbocycles. The van der Waals surface area contributed by atoms with Gasteiger partial charge < -0.3 is 14.4 Å². The lowest BCUT2D eigenvalue weighted by atomic mass is 9.96. The van der Waals surface area contributed by atoms with Gasteiger partial charge in [0.1, 0.15) is 0 Å². The molecule has 1 fully saturated rings. The van der Waals surface area contributed by atoms with Crippen LogP contribution in [-0.2, 0) is 14.3 Å². The predicted octanol–water partition coefficient (Wildman–Crippen LogP) is 2.54. The number of nitrogens with zero attached hydrogens (tertiary/aromatic N) is 4. The number of nitro groups is 1. The van der Waals surface area contributed by atoms with Gasteiger partial charge in [-0.25, -0.2) is 9.79 Å². The summed E-state index contributed by atoms with van der Waals surface area (Å²) >= 11 is 1.18. The summed E-state index contributed by atoms with van der Waals surface area (Å²) < 4.78 is 12.7. The maximum absolute atomic E-state index is 13.9. The van der Waals surface area contributed by atoms with Crippen LogP contribution in [0.15, 0.2) is 69.6 Å². The lowest BCUT2D eigenvalue weighted by Gasteiger charge is -2.30. The van der Waals surface area contributed by atoms with Crippen LogP contribution in [0.25, 0.3) is 6.08 Å². The minimum Gasteiger partial charge on any atom is -0.463 e. The number of allylic oxidation sites excluding steroid dienone is 1. The average molecular weight is 535 g/mol. The number of nitro benzene ring substituents is 1. The van der Waals surface area contributed by atoms with E-state index in [1.54, 1.807) is 26.0 Å². The molecule has 0 radical (unpaired) electrons. The first-order chi connectivity index (χ1) is 18.4. The van der Waals surface area contributed by atoms with Crippen LogP contribution in [0, 0.1) is 10.1 Å². The Morgan fingerprint density at radius 2 is 1.97 bits per heavy atom. The van der Waals surface area contributed by atoms with Gasteiger partial charge in [0.15, 0.2) is 4.80 Å². The molecule has 2 aliphatic heterocycles. The van der Waals surface area contributed by atoms with Crippen molar-refractivity contribution in [2.75, 3.05) is 37.8 Å². The van der Waals surface area contributed by atoms with Crippen molar-refractivity contribution in [1.82, 2.24) is 4.57 Å². The molecule has 2 aliphatic rings. The van der Waals surface area contributed by atoms with Crippen LogP contribution >= 0.6 is 11.3 Å². The minimum atomic E-state index is -0.711. The summed E-state index contributed by atoms with van der Waals surface area (Å²) in [7, 11) is 0. The molecule has 0 aliphatic carbocycles. The van der Waals surface area contributed by atoms with Gasteiger partial charge in [-0.1, -0.05) is 41.7 Å². The first kappa shape index (κ1) is 25.6. The Hall–Kier alpha value is -4.09. The molecule has 1 atom stereocenters. The zero-order valence-corrected chi connectivity index (χ0v) is 21.8. The van der Waals surface area contributed by atoms with Gasteiger partial charge in [-0.2, -0.15) is 0 Å². The summed E-state index contributed by atoms with van der Waals surface area (Å²) in [5.41, 5.74) is 2.48. The summed E-state index contributed by atoms with van der Waals surface area (Å²) in [4.78, 5) is 45.1. The molecule has 3 aromatic rings. The number of benzene rings is 2. The number of esters is 1. The minimum absolute atomic E-state index is 0.0661. The molecule has 2 aromatic carbocycles. The van der Waals surface area contributed by atoms with Gasteiger partial charge in [-0.3, -0.25) is 19.5 Å². The van der Waals surface area contributed by atoms with E-state index in [2.05, 4.69) is 9.89 Å². The second-order valence-corrected chi connectivity index (χ2v) is 9.82. The third-order valence-corrected chi connectivity index (χ3v) is 7.48. The van der Waals surface area contributed by atoms with Gasteiger partial charge in [-0.15, -0.1) is 0 Å². The fourth-order valence-electron chi connectivity index (χ4n) is 4.75. The van der Waals surface area contributed by atoms with E-state index in [1.807, 2.05) is 30.3 Å². The van der Waals surface area contributed by atoms with Gasteiger partial charge in [0, 0.05) is 36.5 Å². The number of hydrogen-bond donors (Lipinski definition) is 0. The van der Waals surface area contributed by atoms with Crippen LogP contribution in [0.4, 0.5) is 11.4 Å². The number of ether oxygens (including phenoxy) is 2. The largest absolute Gasteiger partial charge is 0.463 e. The number of carbonyl (C=O) groups excluding carboxylic acids is 1. The van der Waals surface area contributed by atoms with E-state index in [1.165, 1.54) is 28.0 Å². The van der Waals surface area contributed by atoms with Crippen molar-refractivity contribution in [2.45, 2.75) is 19.9 Å². The molecule has 1 aromatic heterocycles. The zero-order chi connectivity index (χ0) is 26.8. The number of aromatic nitrogens is 1. The molecule has 1 unspecified atom stereocenters. The third kappa shape index (κ3) is 4.77. The highest BCUT2D eigenvalue weighted by Gasteiger charge is 2.33. The van der Waals surface area contributed by atoms with Crippen LogP contribution in [-0.4, -0.2) is 48.4 Å². The normalized spacial score (nSPS) is 17.7. The van der Waals surface area contributed by atoms with E-state index in [9.17, 15) is 19.7 Å². The van der Waals surface area contributed by atoms with Crippen LogP contribution in [0.5, 0.6) is 0 Å². The molecule has 38 heavy (non-hydrogen) atoms. The topological polar surface area (TPSA) is 116 Å². The van der Waals surface area contributed by atoms with Crippen molar-refractivity contribution in [3.8, 4) is 0 Å². The Labute approximate surface area is 221 Å². The van der Waals surface area contributed by atoms with E-state index in [-0.39, 0.29) is 17.9 Å². The van der Waals surface area contributed by atoms with Crippen LogP contribution in [0.3, 0.4) is 0 Å². The number of thiazole rings is 1. The molecule has 196 valence electrons. The fourth-order valence-corrected chi connectivity index (χ4v) is 5.78. The van der Waals surface area contributed by atoms with Crippen LogP contribution < -0.4 is 19.8 Å². The van der Waals surface area contributed by atoms with Crippen molar-refractivity contribution in [2.24, 2.45) is 4.99 Å². The second-order valence-electron chi connectivity index (χ2n) is 8.81. The number of anilines is 1. The molecule has 0 bridgehead atoms. The molecule has 0 spiro atoms. The summed E-state index contributed by atoms with van der Waals surface area (Å²) in [6, 6.07) is 13.2. The lowest BCUT2D eigenvalue weighted by molar-refractivity contribution is -0.384. The van der Waals surface area contributed by atoms with E-state index < -0.39 is 16.9 Å². The standard InChI is InChI=1S/C27H26N4O6S/c1-3-37-26(33)23-17(2)28-27-30(24(23)18-7-5-4-6-8-18)25(32)22(38-27)16-19-15-20(31(34)35)9-10-21(19)29-11-13-36-14-12-29/h4-10,15-16,24H,3,11-14H2,1-2H3/b22-16-. The summed E-state index contributed by atoms with van der Waals surface area (Å²) in [5, 5.41) is 11.5. The highest BCUT2D eigenvalue weighted by atomic mass is 32.1. The number of hydrogen-bond acceptors (Lipinski definition) is 9. The van der Waals surface area contributed by atoms with Crippen LogP contribution in [0.1, 0.15) is 31.0 Å².